The van der Waals surface area contributed by atoms with Crippen molar-refractivity contribution in [1.29, 1.82) is 0 Å². The third kappa shape index (κ3) is 3.95. The van der Waals surface area contributed by atoms with Crippen LogP contribution in [0, 0.1) is 11.6 Å². The number of aliphatic hydroxyl groups is 1. The van der Waals surface area contributed by atoms with Gasteiger partial charge in [-0.1, -0.05) is 0 Å². The van der Waals surface area contributed by atoms with Crippen LogP contribution in [-0.4, -0.2) is 38.0 Å². The van der Waals surface area contributed by atoms with Crippen molar-refractivity contribution in [2.45, 2.75) is 29.9 Å². The van der Waals surface area contributed by atoms with Crippen molar-refractivity contribution >= 4 is 9.84 Å². The molecule has 19 heavy (non-hydrogen) atoms. The molecule has 1 fully saturated rings. The summed E-state index contributed by atoms with van der Waals surface area (Å²) in [6, 6.07) is 2.62. The molecule has 106 valence electrons. The Bertz CT molecular complexity index is 558. The van der Waals surface area contributed by atoms with E-state index in [0.717, 1.165) is 25.0 Å². The molecule has 0 heterocycles. The number of benzene rings is 1. The molecule has 1 aromatic rings. The van der Waals surface area contributed by atoms with E-state index in [1.807, 2.05) is 0 Å². The molecule has 1 aliphatic carbocycles. The van der Waals surface area contributed by atoms with Gasteiger partial charge in [0.1, 0.15) is 16.5 Å². The number of rotatable bonds is 6. The fraction of sp³-hybridized carbons (Fsp3) is 0.500. The summed E-state index contributed by atoms with van der Waals surface area (Å²) in [6.45, 7) is 0.146. The Kier molecular flexibility index (Phi) is 4.17. The molecule has 0 aliphatic heterocycles. The summed E-state index contributed by atoms with van der Waals surface area (Å²) in [5, 5.41) is 12.6. The summed E-state index contributed by atoms with van der Waals surface area (Å²) in [5.74, 6) is -2.57. The Morgan fingerprint density at radius 1 is 1.37 bits per heavy atom. The highest BCUT2D eigenvalue weighted by molar-refractivity contribution is 7.91. The van der Waals surface area contributed by atoms with E-state index in [1.165, 1.54) is 0 Å². The van der Waals surface area contributed by atoms with Gasteiger partial charge in [0.15, 0.2) is 9.84 Å². The van der Waals surface area contributed by atoms with E-state index in [4.69, 9.17) is 0 Å². The van der Waals surface area contributed by atoms with Crippen molar-refractivity contribution in [3.63, 3.8) is 0 Å². The zero-order valence-corrected chi connectivity index (χ0v) is 11.0. The van der Waals surface area contributed by atoms with Crippen molar-refractivity contribution in [2.24, 2.45) is 0 Å². The van der Waals surface area contributed by atoms with Crippen molar-refractivity contribution in [2.75, 3.05) is 12.3 Å². The third-order valence-corrected chi connectivity index (χ3v) is 4.69. The standard InChI is InChI=1S/C12H15F2NO3S/c13-8-1-4-12(11(14)5-8)19(17,18)7-10(16)6-15-9-2-3-9/h1,4-5,9-10,15-16H,2-3,6-7H2. The van der Waals surface area contributed by atoms with Crippen LogP contribution >= 0.6 is 0 Å². The van der Waals surface area contributed by atoms with Crippen molar-refractivity contribution in [3.8, 4) is 0 Å². The van der Waals surface area contributed by atoms with Crippen LogP contribution in [0.3, 0.4) is 0 Å². The summed E-state index contributed by atoms with van der Waals surface area (Å²) < 4.78 is 49.9. The molecule has 4 nitrogen and oxygen atoms in total. The first-order valence-electron chi connectivity index (χ1n) is 5.98. The van der Waals surface area contributed by atoms with E-state index < -0.39 is 38.2 Å². The lowest BCUT2D eigenvalue weighted by Crippen LogP contribution is -2.33. The topological polar surface area (TPSA) is 66.4 Å². The zero-order chi connectivity index (χ0) is 14.0. The first kappa shape index (κ1) is 14.4. The molecule has 0 aromatic heterocycles. The number of sulfone groups is 1. The lowest BCUT2D eigenvalue weighted by Gasteiger charge is -2.12. The molecule has 1 unspecified atom stereocenters. The lowest BCUT2D eigenvalue weighted by atomic mass is 10.3. The maximum Gasteiger partial charge on any atom is 0.183 e. The largest absolute Gasteiger partial charge is 0.391 e. The average molecular weight is 291 g/mol. The molecule has 1 aliphatic rings. The Labute approximate surface area is 110 Å². The Morgan fingerprint density at radius 3 is 2.63 bits per heavy atom. The minimum absolute atomic E-state index is 0.146. The highest BCUT2D eigenvalue weighted by Gasteiger charge is 2.26. The van der Waals surface area contributed by atoms with Gasteiger partial charge >= 0.3 is 0 Å². The average Bonchev–Trinajstić information content (AvgIpc) is 3.08. The van der Waals surface area contributed by atoms with Crippen LogP contribution in [0.15, 0.2) is 23.1 Å². The molecule has 0 bridgehead atoms. The van der Waals surface area contributed by atoms with E-state index in [1.54, 1.807) is 0 Å². The van der Waals surface area contributed by atoms with Crippen LogP contribution in [0.5, 0.6) is 0 Å². The predicted octanol–water partition coefficient (Wildman–Crippen LogP) is 0.851. The van der Waals surface area contributed by atoms with E-state index in [9.17, 15) is 22.3 Å². The normalized spacial score (nSPS) is 17.4. The molecule has 2 rings (SSSR count). The van der Waals surface area contributed by atoms with Crippen LogP contribution in [-0.2, 0) is 9.84 Å². The molecule has 0 amide bonds. The van der Waals surface area contributed by atoms with Crippen LogP contribution in [0.2, 0.25) is 0 Å². The van der Waals surface area contributed by atoms with Crippen LogP contribution in [0.1, 0.15) is 12.8 Å². The second-order valence-corrected chi connectivity index (χ2v) is 6.70. The van der Waals surface area contributed by atoms with Gasteiger partial charge in [-0.3, -0.25) is 0 Å². The highest BCUT2D eigenvalue weighted by atomic mass is 32.2. The summed E-state index contributed by atoms with van der Waals surface area (Å²) >= 11 is 0. The number of nitrogens with one attached hydrogen (secondary N) is 1. The smallest absolute Gasteiger partial charge is 0.183 e. The monoisotopic (exact) mass is 291 g/mol. The Balaban J connectivity index is 2.03. The van der Waals surface area contributed by atoms with Gasteiger partial charge in [0.2, 0.25) is 0 Å². The Morgan fingerprint density at radius 2 is 2.05 bits per heavy atom. The predicted molar refractivity (Wildman–Crippen MR) is 65.4 cm³/mol. The van der Waals surface area contributed by atoms with Gasteiger partial charge in [-0.25, -0.2) is 17.2 Å². The fourth-order valence-corrected chi connectivity index (χ4v) is 3.15. The molecule has 0 radical (unpaired) electrons. The molecular formula is C12H15F2NO3S. The quantitative estimate of drug-likeness (QED) is 0.763. The SMILES string of the molecule is O=S(=O)(CC(O)CNC1CC1)c1ccc(F)cc1F. The van der Waals surface area contributed by atoms with Crippen LogP contribution < -0.4 is 5.32 Å². The maximum absolute atomic E-state index is 13.4. The summed E-state index contributed by atoms with van der Waals surface area (Å²) in [5.41, 5.74) is 0. The van der Waals surface area contributed by atoms with E-state index >= 15 is 0 Å². The molecule has 1 atom stereocenters. The van der Waals surface area contributed by atoms with Crippen LogP contribution in [0.25, 0.3) is 0 Å². The molecule has 0 spiro atoms. The maximum atomic E-state index is 13.4. The van der Waals surface area contributed by atoms with Crippen molar-refractivity contribution < 1.29 is 22.3 Å². The van der Waals surface area contributed by atoms with Gasteiger partial charge in [-0.05, 0) is 25.0 Å². The van der Waals surface area contributed by atoms with Gasteiger partial charge in [0.25, 0.3) is 0 Å². The number of halogens is 2. The number of hydrogen-bond acceptors (Lipinski definition) is 4. The van der Waals surface area contributed by atoms with Gasteiger partial charge in [0, 0.05) is 18.7 Å². The van der Waals surface area contributed by atoms with E-state index in [0.29, 0.717) is 12.1 Å². The van der Waals surface area contributed by atoms with Crippen molar-refractivity contribution in [1.82, 2.24) is 5.32 Å². The van der Waals surface area contributed by atoms with Crippen molar-refractivity contribution in [3.05, 3.63) is 29.8 Å². The number of aliphatic hydroxyl groups excluding tert-OH is 1. The minimum Gasteiger partial charge on any atom is -0.391 e. The van der Waals surface area contributed by atoms with Gasteiger partial charge in [-0.2, -0.15) is 0 Å². The summed E-state index contributed by atoms with van der Waals surface area (Å²) in [4.78, 5) is -0.584. The first-order chi connectivity index (χ1) is 8.88. The van der Waals surface area contributed by atoms with E-state index in [-0.39, 0.29) is 6.54 Å². The fourth-order valence-electron chi connectivity index (χ4n) is 1.72. The Hall–Kier alpha value is -1.05. The highest BCUT2D eigenvalue weighted by Crippen LogP contribution is 2.20. The summed E-state index contributed by atoms with van der Waals surface area (Å²) in [7, 11) is -3.97. The molecule has 7 heteroatoms. The second-order valence-electron chi connectivity index (χ2n) is 4.69. The zero-order valence-electron chi connectivity index (χ0n) is 10.1. The molecule has 1 aromatic carbocycles. The molecule has 2 N–H and O–H groups in total. The molecule has 0 saturated heterocycles. The van der Waals surface area contributed by atoms with Gasteiger partial charge in [-0.15, -0.1) is 0 Å². The summed E-state index contributed by atoms with van der Waals surface area (Å²) in [6.07, 6.45) is 0.924. The molecular weight excluding hydrogens is 276 g/mol. The lowest BCUT2D eigenvalue weighted by molar-refractivity contribution is 0.193. The van der Waals surface area contributed by atoms with E-state index in [2.05, 4.69) is 5.32 Å². The third-order valence-electron chi connectivity index (χ3n) is 2.86. The van der Waals surface area contributed by atoms with Crippen LogP contribution in [0.4, 0.5) is 8.78 Å². The first-order valence-corrected chi connectivity index (χ1v) is 7.63. The molecule has 1 saturated carbocycles. The van der Waals surface area contributed by atoms with Gasteiger partial charge < -0.3 is 10.4 Å². The second kappa shape index (κ2) is 5.52. The number of hydrogen-bond donors (Lipinski definition) is 2. The van der Waals surface area contributed by atoms with Gasteiger partial charge in [0.05, 0.1) is 11.9 Å². The minimum atomic E-state index is -3.97.